The van der Waals surface area contributed by atoms with Crippen LogP contribution >= 0.6 is 24.2 Å². The Morgan fingerprint density at radius 3 is 3.17 bits per heavy atom. The van der Waals surface area contributed by atoms with Crippen LogP contribution in [0.2, 0.25) is 0 Å². The third kappa shape index (κ3) is 1.97. The van der Waals surface area contributed by atoms with Crippen molar-refractivity contribution in [2.24, 2.45) is 4.99 Å². The Morgan fingerprint density at radius 2 is 2.39 bits per heavy atom. The topological polar surface area (TPSA) is 33.4 Å². The maximum atomic E-state index is 4.65. The molecule has 0 unspecified atom stereocenters. The zero-order valence-corrected chi connectivity index (χ0v) is 11.6. The molecule has 18 heavy (non-hydrogen) atoms. The summed E-state index contributed by atoms with van der Waals surface area (Å²) in [5, 5.41) is 3.46. The van der Waals surface area contributed by atoms with Crippen molar-refractivity contribution < 1.29 is 0 Å². The molecule has 0 saturated carbocycles. The van der Waals surface area contributed by atoms with Gasteiger partial charge in [0.1, 0.15) is 0 Å². The van der Waals surface area contributed by atoms with Crippen molar-refractivity contribution in [1.29, 1.82) is 0 Å². The summed E-state index contributed by atoms with van der Waals surface area (Å²) in [5.74, 6) is 0. The van der Waals surface area contributed by atoms with Crippen molar-refractivity contribution in [3.63, 3.8) is 0 Å². The van der Waals surface area contributed by atoms with Gasteiger partial charge in [0.2, 0.25) is 0 Å². The summed E-state index contributed by atoms with van der Waals surface area (Å²) in [6.45, 7) is 5.21. The molecule has 0 saturated heterocycles. The van der Waals surface area contributed by atoms with E-state index >= 15 is 0 Å². The SMILES string of the molecule is CCN1CCn2c(nc3ccc(N=C=S)cc32)S1. The number of fused-ring (bicyclic) bond motifs is 3. The van der Waals surface area contributed by atoms with E-state index < -0.39 is 0 Å². The van der Waals surface area contributed by atoms with Gasteiger partial charge in [-0.1, -0.05) is 6.92 Å². The first-order valence-electron chi connectivity index (χ1n) is 5.83. The lowest BCUT2D eigenvalue weighted by molar-refractivity contribution is 0.425. The summed E-state index contributed by atoms with van der Waals surface area (Å²) >= 11 is 6.36. The molecule has 0 spiro atoms. The van der Waals surface area contributed by atoms with Gasteiger partial charge in [-0.2, -0.15) is 4.99 Å². The fourth-order valence-electron chi connectivity index (χ4n) is 2.09. The maximum absolute atomic E-state index is 4.65. The highest BCUT2D eigenvalue weighted by molar-refractivity contribution is 7.96. The zero-order chi connectivity index (χ0) is 12.5. The fraction of sp³-hybridized carbons (Fsp3) is 0.333. The number of nitrogens with zero attached hydrogens (tertiary/aromatic N) is 4. The molecule has 4 nitrogen and oxygen atoms in total. The van der Waals surface area contributed by atoms with E-state index in [1.54, 1.807) is 11.9 Å². The summed E-state index contributed by atoms with van der Waals surface area (Å²) in [6.07, 6.45) is 0. The highest BCUT2D eigenvalue weighted by Gasteiger charge is 2.19. The average molecular weight is 276 g/mol. The fourth-order valence-corrected chi connectivity index (χ4v) is 3.16. The van der Waals surface area contributed by atoms with E-state index in [2.05, 4.69) is 43.2 Å². The molecular formula is C12H12N4S2. The standard InChI is InChI=1S/C12H12N4S2/c1-2-15-5-6-16-11-7-9(13-8-17)3-4-10(11)14-12(16)18-15/h3-4,7H,2,5-6H2,1H3. The lowest BCUT2D eigenvalue weighted by Gasteiger charge is -2.24. The van der Waals surface area contributed by atoms with Gasteiger partial charge in [-0.05, 0) is 42.4 Å². The van der Waals surface area contributed by atoms with E-state index in [4.69, 9.17) is 0 Å². The molecule has 92 valence electrons. The second kappa shape index (κ2) is 4.82. The molecule has 1 aromatic carbocycles. The molecule has 0 aliphatic carbocycles. The van der Waals surface area contributed by atoms with Crippen LogP contribution in [0.1, 0.15) is 6.92 Å². The molecular weight excluding hydrogens is 264 g/mol. The van der Waals surface area contributed by atoms with Gasteiger partial charge in [-0.3, -0.25) is 0 Å². The highest BCUT2D eigenvalue weighted by atomic mass is 32.2. The normalized spacial score (nSPS) is 15.4. The second-order valence-corrected chi connectivity index (χ2v) is 5.28. The molecule has 0 amide bonds. The van der Waals surface area contributed by atoms with Crippen molar-refractivity contribution in [2.75, 3.05) is 13.1 Å². The number of aliphatic imine (C=N–C) groups is 1. The van der Waals surface area contributed by atoms with Gasteiger partial charge < -0.3 is 4.57 Å². The summed E-state index contributed by atoms with van der Waals surface area (Å²) in [4.78, 5) is 8.67. The van der Waals surface area contributed by atoms with Gasteiger partial charge in [-0.25, -0.2) is 9.29 Å². The number of benzene rings is 1. The van der Waals surface area contributed by atoms with Crippen molar-refractivity contribution in [3.8, 4) is 0 Å². The van der Waals surface area contributed by atoms with E-state index in [0.29, 0.717) is 0 Å². The number of aromatic nitrogens is 2. The Kier molecular flexibility index (Phi) is 3.18. The molecule has 3 rings (SSSR count). The van der Waals surface area contributed by atoms with Gasteiger partial charge in [-0.15, -0.1) is 0 Å². The Bertz CT molecular complexity index is 643. The van der Waals surface area contributed by atoms with Crippen LogP contribution in [0, 0.1) is 0 Å². The second-order valence-electron chi connectivity index (χ2n) is 4.04. The molecule has 0 radical (unpaired) electrons. The molecule has 0 fully saturated rings. The minimum absolute atomic E-state index is 0.836. The number of thiocarbonyl (C=S) groups is 1. The number of isothiocyanates is 1. The summed E-state index contributed by atoms with van der Waals surface area (Å²) in [5.41, 5.74) is 2.97. The van der Waals surface area contributed by atoms with Gasteiger partial charge in [0, 0.05) is 19.6 Å². The molecule has 6 heteroatoms. The zero-order valence-electron chi connectivity index (χ0n) is 9.96. The van der Waals surface area contributed by atoms with E-state index in [1.165, 1.54) is 0 Å². The van der Waals surface area contributed by atoms with E-state index in [0.717, 1.165) is 41.5 Å². The van der Waals surface area contributed by atoms with Crippen molar-refractivity contribution in [3.05, 3.63) is 18.2 Å². The third-order valence-electron chi connectivity index (χ3n) is 3.01. The van der Waals surface area contributed by atoms with Crippen molar-refractivity contribution in [1.82, 2.24) is 13.9 Å². The number of imidazole rings is 1. The van der Waals surface area contributed by atoms with Crippen LogP contribution in [0.15, 0.2) is 28.3 Å². The van der Waals surface area contributed by atoms with Crippen LogP contribution in [0.3, 0.4) is 0 Å². The molecule has 1 aliphatic rings. The minimum Gasteiger partial charge on any atom is -0.316 e. The molecule has 0 bridgehead atoms. The Labute approximate surface area is 115 Å². The molecule has 2 aromatic rings. The number of hydrogen-bond acceptors (Lipinski definition) is 5. The van der Waals surface area contributed by atoms with Gasteiger partial charge in [0.25, 0.3) is 0 Å². The Morgan fingerprint density at radius 1 is 1.50 bits per heavy atom. The van der Waals surface area contributed by atoms with Gasteiger partial charge in [0.15, 0.2) is 5.16 Å². The van der Waals surface area contributed by atoms with Crippen LogP contribution < -0.4 is 0 Å². The first kappa shape index (κ1) is 11.9. The van der Waals surface area contributed by atoms with Crippen LogP contribution in [0.25, 0.3) is 11.0 Å². The number of hydrogen-bond donors (Lipinski definition) is 0. The maximum Gasteiger partial charge on any atom is 0.184 e. The first-order valence-corrected chi connectivity index (χ1v) is 7.01. The molecule has 1 aromatic heterocycles. The number of rotatable bonds is 2. The number of likely N-dealkylation sites (N-methyl/N-ethyl adjacent to an activating group) is 1. The van der Waals surface area contributed by atoms with Crippen LogP contribution in [0.5, 0.6) is 0 Å². The van der Waals surface area contributed by atoms with Crippen LogP contribution in [-0.2, 0) is 6.54 Å². The van der Waals surface area contributed by atoms with Crippen LogP contribution in [-0.4, -0.2) is 32.1 Å². The average Bonchev–Trinajstić information content (AvgIpc) is 2.76. The van der Waals surface area contributed by atoms with Gasteiger partial charge in [0.05, 0.1) is 21.9 Å². The first-order chi connectivity index (χ1) is 8.81. The lowest BCUT2D eigenvalue weighted by Crippen LogP contribution is -2.26. The van der Waals surface area contributed by atoms with Crippen molar-refractivity contribution >= 4 is 46.0 Å². The predicted octanol–water partition coefficient (Wildman–Crippen LogP) is 3.11. The largest absolute Gasteiger partial charge is 0.316 e. The summed E-state index contributed by atoms with van der Waals surface area (Å²) in [7, 11) is 0. The lowest BCUT2D eigenvalue weighted by atomic mass is 10.3. The molecule has 2 heterocycles. The third-order valence-corrected chi connectivity index (χ3v) is 4.27. The molecule has 0 N–H and O–H groups in total. The van der Waals surface area contributed by atoms with Crippen LogP contribution in [0.4, 0.5) is 5.69 Å². The highest BCUT2D eigenvalue weighted by Crippen LogP contribution is 2.31. The Balaban J connectivity index is 2.11. The van der Waals surface area contributed by atoms with E-state index in [-0.39, 0.29) is 0 Å². The summed E-state index contributed by atoms with van der Waals surface area (Å²) < 4.78 is 4.56. The van der Waals surface area contributed by atoms with Gasteiger partial charge >= 0.3 is 0 Å². The van der Waals surface area contributed by atoms with E-state index in [1.807, 2.05) is 18.2 Å². The quantitative estimate of drug-likeness (QED) is 0.479. The molecule has 1 aliphatic heterocycles. The Hall–Kier alpha value is -1.20. The predicted molar refractivity (Wildman–Crippen MR) is 77.5 cm³/mol. The smallest absolute Gasteiger partial charge is 0.184 e. The summed E-state index contributed by atoms with van der Waals surface area (Å²) in [6, 6.07) is 5.93. The van der Waals surface area contributed by atoms with E-state index in [9.17, 15) is 0 Å². The molecule has 0 atom stereocenters. The van der Waals surface area contributed by atoms with Crippen molar-refractivity contribution in [2.45, 2.75) is 18.6 Å². The minimum atomic E-state index is 0.836. The monoisotopic (exact) mass is 276 g/mol.